The molecule has 74 valence electrons. The fraction of sp³-hybridized carbons (Fsp3) is 0. The van der Waals surface area contributed by atoms with Gasteiger partial charge in [0.2, 0.25) is 0 Å². The number of rotatable bonds is 2. The molecule has 0 aromatic heterocycles. The molecule has 1 aromatic carbocycles. The van der Waals surface area contributed by atoms with E-state index < -0.39 is 34.6 Å². The molecule has 0 unspecified atom stereocenters. The number of carbonyl (C=O) groups excluding carboxylic acids is 1. The minimum Gasteiger partial charge on any atom is -0.478 e. The van der Waals surface area contributed by atoms with Crippen LogP contribution >= 0.6 is 0 Å². The van der Waals surface area contributed by atoms with Crippen molar-refractivity contribution in [2.75, 3.05) is 0 Å². The molecule has 0 atom stereocenters. The normalized spacial score (nSPS) is 9.86. The highest BCUT2D eigenvalue weighted by atomic mass is 19.1. The number of carboxylic acid groups (broad SMARTS) is 1. The SMILES string of the molecule is NC(=O)c1cc(F)c(C(=O)O)cc1F. The highest BCUT2D eigenvalue weighted by molar-refractivity contribution is 5.95. The van der Waals surface area contributed by atoms with E-state index in [1.807, 2.05) is 0 Å². The topological polar surface area (TPSA) is 80.4 Å². The molecule has 1 rings (SSSR count). The van der Waals surface area contributed by atoms with Crippen molar-refractivity contribution in [3.05, 3.63) is 34.9 Å². The molecule has 0 radical (unpaired) electrons. The summed E-state index contributed by atoms with van der Waals surface area (Å²) < 4.78 is 25.8. The molecular weight excluding hydrogens is 196 g/mol. The van der Waals surface area contributed by atoms with Crippen LogP contribution in [-0.2, 0) is 0 Å². The molecule has 0 saturated carbocycles. The third-order valence-corrected chi connectivity index (χ3v) is 1.55. The number of hydrogen-bond donors (Lipinski definition) is 2. The third kappa shape index (κ3) is 1.68. The van der Waals surface area contributed by atoms with Crippen molar-refractivity contribution < 1.29 is 23.5 Å². The van der Waals surface area contributed by atoms with E-state index in [0.29, 0.717) is 12.1 Å². The lowest BCUT2D eigenvalue weighted by Crippen LogP contribution is -2.15. The van der Waals surface area contributed by atoms with Gasteiger partial charge in [-0.15, -0.1) is 0 Å². The first-order chi connectivity index (χ1) is 6.43. The van der Waals surface area contributed by atoms with Crippen molar-refractivity contribution in [1.29, 1.82) is 0 Å². The van der Waals surface area contributed by atoms with Gasteiger partial charge >= 0.3 is 5.97 Å². The second kappa shape index (κ2) is 3.41. The Hall–Kier alpha value is -1.98. The van der Waals surface area contributed by atoms with Crippen LogP contribution in [0.5, 0.6) is 0 Å². The van der Waals surface area contributed by atoms with Gasteiger partial charge in [-0.1, -0.05) is 0 Å². The number of benzene rings is 1. The van der Waals surface area contributed by atoms with Gasteiger partial charge in [-0.25, -0.2) is 13.6 Å². The first-order valence-electron chi connectivity index (χ1n) is 3.45. The van der Waals surface area contributed by atoms with Gasteiger partial charge < -0.3 is 10.8 Å². The van der Waals surface area contributed by atoms with Crippen LogP contribution in [0.2, 0.25) is 0 Å². The molecule has 3 N–H and O–H groups in total. The molecule has 0 spiro atoms. The maximum absolute atomic E-state index is 12.9. The molecular formula is C8H5F2NO3. The van der Waals surface area contributed by atoms with Crippen LogP contribution in [0.4, 0.5) is 8.78 Å². The summed E-state index contributed by atoms with van der Waals surface area (Å²) in [6, 6.07) is 0.874. The second-order valence-electron chi connectivity index (χ2n) is 2.48. The first-order valence-corrected chi connectivity index (χ1v) is 3.45. The van der Waals surface area contributed by atoms with E-state index in [0.717, 1.165) is 0 Å². The lowest BCUT2D eigenvalue weighted by Gasteiger charge is -2.01. The molecule has 4 nitrogen and oxygen atoms in total. The van der Waals surface area contributed by atoms with E-state index in [2.05, 4.69) is 0 Å². The predicted octanol–water partition coefficient (Wildman–Crippen LogP) is 0.762. The summed E-state index contributed by atoms with van der Waals surface area (Å²) in [5, 5.41) is 8.40. The number of carbonyl (C=O) groups is 2. The van der Waals surface area contributed by atoms with E-state index in [1.165, 1.54) is 0 Å². The quantitative estimate of drug-likeness (QED) is 0.741. The monoisotopic (exact) mass is 201 g/mol. The number of hydrogen-bond acceptors (Lipinski definition) is 2. The van der Waals surface area contributed by atoms with Crippen LogP contribution in [0.1, 0.15) is 20.7 Å². The second-order valence-corrected chi connectivity index (χ2v) is 2.48. The lowest BCUT2D eigenvalue weighted by atomic mass is 10.1. The van der Waals surface area contributed by atoms with Gasteiger partial charge in [0.25, 0.3) is 5.91 Å². The smallest absolute Gasteiger partial charge is 0.338 e. The van der Waals surface area contributed by atoms with Crippen molar-refractivity contribution in [2.45, 2.75) is 0 Å². The first kappa shape index (κ1) is 10.1. The Morgan fingerprint density at radius 3 is 2.00 bits per heavy atom. The van der Waals surface area contributed by atoms with Gasteiger partial charge in [-0.05, 0) is 12.1 Å². The molecule has 6 heteroatoms. The zero-order valence-corrected chi connectivity index (χ0v) is 6.75. The fourth-order valence-electron chi connectivity index (χ4n) is 0.900. The van der Waals surface area contributed by atoms with Gasteiger partial charge in [0.05, 0.1) is 11.1 Å². The van der Waals surface area contributed by atoms with Crippen molar-refractivity contribution >= 4 is 11.9 Å². The third-order valence-electron chi connectivity index (χ3n) is 1.55. The number of carboxylic acids is 1. The molecule has 0 aliphatic carbocycles. The van der Waals surface area contributed by atoms with E-state index in [4.69, 9.17) is 10.8 Å². The van der Waals surface area contributed by atoms with Gasteiger partial charge in [0.1, 0.15) is 11.6 Å². The zero-order chi connectivity index (χ0) is 10.9. The molecule has 1 amide bonds. The van der Waals surface area contributed by atoms with Gasteiger partial charge in [-0.3, -0.25) is 4.79 Å². The molecule has 14 heavy (non-hydrogen) atoms. The van der Waals surface area contributed by atoms with Crippen molar-refractivity contribution in [2.24, 2.45) is 5.73 Å². The van der Waals surface area contributed by atoms with Crippen LogP contribution in [0, 0.1) is 11.6 Å². The summed E-state index contributed by atoms with van der Waals surface area (Å²) in [5.74, 6) is -5.13. The Kier molecular flexibility index (Phi) is 2.46. The summed E-state index contributed by atoms with van der Waals surface area (Å²) in [7, 11) is 0. The minimum atomic E-state index is -1.61. The van der Waals surface area contributed by atoms with E-state index in [1.54, 1.807) is 0 Å². The molecule has 0 saturated heterocycles. The Labute approximate surface area is 76.9 Å². The molecule has 0 fully saturated rings. The zero-order valence-electron chi connectivity index (χ0n) is 6.75. The summed E-state index contributed by atoms with van der Waals surface area (Å²) in [5.41, 5.74) is 3.20. The van der Waals surface area contributed by atoms with Crippen LogP contribution < -0.4 is 5.73 Å². The highest BCUT2D eigenvalue weighted by Gasteiger charge is 2.17. The van der Waals surface area contributed by atoms with Crippen molar-refractivity contribution in [3.63, 3.8) is 0 Å². The Morgan fingerprint density at radius 2 is 1.57 bits per heavy atom. The Morgan fingerprint density at radius 1 is 1.14 bits per heavy atom. The Bertz CT molecular complexity index is 378. The van der Waals surface area contributed by atoms with Gasteiger partial charge in [-0.2, -0.15) is 0 Å². The van der Waals surface area contributed by atoms with E-state index in [-0.39, 0.29) is 0 Å². The van der Waals surface area contributed by atoms with Gasteiger partial charge in [0.15, 0.2) is 0 Å². The van der Waals surface area contributed by atoms with Crippen LogP contribution in [0.15, 0.2) is 12.1 Å². The fourth-order valence-corrected chi connectivity index (χ4v) is 0.900. The van der Waals surface area contributed by atoms with E-state index >= 15 is 0 Å². The number of halogens is 2. The summed E-state index contributed by atoms with van der Waals surface area (Å²) in [6.07, 6.45) is 0. The van der Waals surface area contributed by atoms with Gasteiger partial charge in [0, 0.05) is 0 Å². The van der Waals surface area contributed by atoms with Crippen molar-refractivity contribution in [1.82, 2.24) is 0 Å². The molecule has 0 aliphatic heterocycles. The van der Waals surface area contributed by atoms with Crippen LogP contribution in [0.25, 0.3) is 0 Å². The number of nitrogens with two attached hydrogens (primary N) is 1. The molecule has 1 aromatic rings. The Balaban J connectivity index is 3.38. The molecule has 0 bridgehead atoms. The standard InChI is InChI=1S/C8H5F2NO3/c9-5-2-4(8(13)14)6(10)1-3(5)7(11)12/h1-2H,(H2,11,12)(H,13,14). The maximum atomic E-state index is 12.9. The summed E-state index contributed by atoms with van der Waals surface area (Å²) >= 11 is 0. The largest absolute Gasteiger partial charge is 0.478 e. The average molecular weight is 201 g/mol. The molecule has 0 aliphatic rings. The number of primary amides is 1. The lowest BCUT2D eigenvalue weighted by molar-refractivity contribution is 0.0690. The molecule has 0 heterocycles. The summed E-state index contributed by atoms with van der Waals surface area (Å²) in [4.78, 5) is 20.9. The predicted molar refractivity (Wildman–Crippen MR) is 41.8 cm³/mol. The number of amides is 1. The summed E-state index contributed by atoms with van der Waals surface area (Å²) in [6.45, 7) is 0. The maximum Gasteiger partial charge on any atom is 0.338 e. The highest BCUT2D eigenvalue weighted by Crippen LogP contribution is 2.14. The van der Waals surface area contributed by atoms with Crippen LogP contribution in [0.3, 0.4) is 0 Å². The van der Waals surface area contributed by atoms with Crippen LogP contribution in [-0.4, -0.2) is 17.0 Å². The van der Waals surface area contributed by atoms with Crippen molar-refractivity contribution in [3.8, 4) is 0 Å². The average Bonchev–Trinajstić information content (AvgIpc) is 2.07. The van der Waals surface area contributed by atoms with E-state index in [9.17, 15) is 18.4 Å². The minimum absolute atomic E-state index is 0.414. The number of aromatic carboxylic acids is 1.